The van der Waals surface area contributed by atoms with Crippen LogP contribution < -0.4 is 11.3 Å². The number of aliphatic hydroxyl groups is 1. The SMILES string of the molecule is O=C(/C(C=Nc1cc2c(=O)oc3ccccc3c2oc1=O)=C(\O)c1ccccc1)c1ccccc1. The second-order valence-electron chi connectivity index (χ2n) is 7.63. The molecular formula is C28H17NO6. The van der Waals surface area contributed by atoms with Crippen LogP contribution in [0, 0.1) is 0 Å². The van der Waals surface area contributed by atoms with Gasteiger partial charge in [0.2, 0.25) is 0 Å². The van der Waals surface area contributed by atoms with Crippen LogP contribution in [-0.4, -0.2) is 17.1 Å². The first-order valence-electron chi connectivity index (χ1n) is 10.6. The second-order valence-corrected chi connectivity index (χ2v) is 7.63. The quantitative estimate of drug-likeness (QED) is 0.0926. The minimum Gasteiger partial charge on any atom is -0.506 e. The first-order valence-corrected chi connectivity index (χ1v) is 10.6. The van der Waals surface area contributed by atoms with E-state index in [0.29, 0.717) is 16.5 Å². The normalized spacial score (nSPS) is 12.2. The van der Waals surface area contributed by atoms with E-state index in [4.69, 9.17) is 8.83 Å². The van der Waals surface area contributed by atoms with E-state index in [2.05, 4.69) is 4.99 Å². The van der Waals surface area contributed by atoms with Crippen LogP contribution in [0.25, 0.3) is 27.7 Å². The van der Waals surface area contributed by atoms with Crippen LogP contribution >= 0.6 is 0 Å². The predicted octanol–water partition coefficient (Wildman–Crippen LogP) is 5.45. The second kappa shape index (κ2) is 9.07. The molecule has 0 fully saturated rings. The van der Waals surface area contributed by atoms with E-state index in [1.807, 2.05) is 0 Å². The largest absolute Gasteiger partial charge is 0.506 e. The van der Waals surface area contributed by atoms with Crippen molar-refractivity contribution >= 4 is 45.4 Å². The van der Waals surface area contributed by atoms with Gasteiger partial charge in [0.25, 0.3) is 0 Å². The van der Waals surface area contributed by atoms with Gasteiger partial charge < -0.3 is 13.9 Å². The summed E-state index contributed by atoms with van der Waals surface area (Å²) in [5, 5.41) is 11.4. The van der Waals surface area contributed by atoms with E-state index in [0.717, 1.165) is 6.21 Å². The molecule has 3 aromatic carbocycles. The number of ketones is 1. The van der Waals surface area contributed by atoms with Crippen molar-refractivity contribution in [1.82, 2.24) is 0 Å². The number of fused-ring (bicyclic) bond motifs is 3. The molecule has 7 nitrogen and oxygen atoms in total. The fourth-order valence-corrected chi connectivity index (χ4v) is 3.66. The van der Waals surface area contributed by atoms with Crippen molar-refractivity contribution in [2.75, 3.05) is 0 Å². The zero-order valence-corrected chi connectivity index (χ0v) is 18.2. The molecule has 0 atom stereocenters. The van der Waals surface area contributed by atoms with Crippen LogP contribution in [0.5, 0.6) is 0 Å². The Balaban J connectivity index is 1.66. The summed E-state index contributed by atoms with van der Waals surface area (Å²) < 4.78 is 10.7. The number of para-hydroxylation sites is 1. The molecule has 0 bridgehead atoms. The number of hydrogen-bond acceptors (Lipinski definition) is 7. The van der Waals surface area contributed by atoms with Crippen molar-refractivity contribution in [3.8, 4) is 0 Å². The molecule has 5 rings (SSSR count). The molecule has 0 amide bonds. The Hall–Kier alpha value is -5.04. The minimum absolute atomic E-state index is 0.0302. The van der Waals surface area contributed by atoms with Gasteiger partial charge in [-0.1, -0.05) is 72.8 Å². The van der Waals surface area contributed by atoms with Crippen LogP contribution in [0.4, 0.5) is 5.69 Å². The number of Topliss-reactive ketones (excluding diaryl/α,β-unsaturated/α-hetero) is 1. The Kier molecular flexibility index (Phi) is 5.65. The van der Waals surface area contributed by atoms with E-state index >= 15 is 0 Å². The van der Waals surface area contributed by atoms with Crippen molar-refractivity contribution in [3.63, 3.8) is 0 Å². The van der Waals surface area contributed by atoms with Crippen LogP contribution in [0.2, 0.25) is 0 Å². The summed E-state index contributed by atoms with van der Waals surface area (Å²) in [4.78, 5) is 42.5. The third kappa shape index (κ3) is 4.18. The molecule has 5 aromatic rings. The molecule has 0 aliphatic heterocycles. The number of hydrogen-bond donors (Lipinski definition) is 1. The standard InChI is InChI=1S/C28H17NO6/c30-24(17-9-3-1-4-10-17)21(25(31)18-11-5-2-6-12-18)16-29-22-15-20-26(35-28(22)33)19-13-7-8-14-23(19)34-27(20)32/h1-16,30H/b24-21-,29-16?. The van der Waals surface area contributed by atoms with Gasteiger partial charge >= 0.3 is 11.3 Å². The number of allylic oxidation sites excluding steroid dienone is 1. The number of nitrogens with zero attached hydrogens (tertiary/aromatic N) is 1. The van der Waals surface area contributed by atoms with E-state index in [9.17, 15) is 19.5 Å². The number of carbonyl (C=O) groups is 1. The summed E-state index contributed by atoms with van der Waals surface area (Å²) in [6.07, 6.45) is 1.10. The van der Waals surface area contributed by atoms with Gasteiger partial charge in [0.15, 0.2) is 11.4 Å². The molecule has 2 heterocycles. The Bertz CT molecular complexity index is 1750. The molecule has 170 valence electrons. The van der Waals surface area contributed by atoms with Crippen LogP contribution in [0.3, 0.4) is 0 Å². The molecule has 0 unspecified atom stereocenters. The summed E-state index contributed by atoms with van der Waals surface area (Å²) in [6, 6.07) is 24.8. The number of benzene rings is 3. The van der Waals surface area contributed by atoms with Crippen LogP contribution in [-0.2, 0) is 0 Å². The van der Waals surface area contributed by atoms with Gasteiger partial charge in [0.05, 0.1) is 11.0 Å². The fraction of sp³-hybridized carbons (Fsp3) is 0. The summed E-state index contributed by atoms with van der Waals surface area (Å²) >= 11 is 0. The lowest BCUT2D eigenvalue weighted by molar-refractivity contribution is 0.104. The average molecular weight is 463 g/mol. The molecule has 0 spiro atoms. The van der Waals surface area contributed by atoms with Crippen molar-refractivity contribution in [3.05, 3.63) is 129 Å². The highest BCUT2D eigenvalue weighted by Crippen LogP contribution is 2.24. The van der Waals surface area contributed by atoms with Gasteiger partial charge in [0.1, 0.15) is 22.4 Å². The lowest BCUT2D eigenvalue weighted by atomic mass is 10.00. The molecular weight excluding hydrogens is 446 g/mol. The van der Waals surface area contributed by atoms with Gasteiger partial charge in [0, 0.05) is 17.3 Å². The monoisotopic (exact) mass is 463 g/mol. The van der Waals surface area contributed by atoms with E-state index < -0.39 is 17.0 Å². The topological polar surface area (TPSA) is 110 Å². The number of carbonyl (C=O) groups excluding carboxylic acids is 1. The summed E-state index contributed by atoms with van der Waals surface area (Å²) in [7, 11) is 0. The third-order valence-electron chi connectivity index (χ3n) is 5.40. The number of aliphatic imine (C=N–C) groups is 1. The Morgan fingerprint density at radius 2 is 1.37 bits per heavy atom. The fourth-order valence-electron chi connectivity index (χ4n) is 3.66. The van der Waals surface area contributed by atoms with Crippen molar-refractivity contribution in [2.45, 2.75) is 0 Å². The number of aliphatic hydroxyl groups excluding tert-OH is 1. The zero-order valence-electron chi connectivity index (χ0n) is 18.2. The molecule has 35 heavy (non-hydrogen) atoms. The van der Waals surface area contributed by atoms with Crippen LogP contribution in [0.15, 0.2) is 120 Å². The summed E-state index contributed by atoms with van der Waals surface area (Å²) in [5.74, 6) is -0.801. The zero-order chi connectivity index (χ0) is 24.4. The molecule has 0 aliphatic rings. The molecule has 0 saturated carbocycles. The van der Waals surface area contributed by atoms with Gasteiger partial charge in [-0.3, -0.25) is 4.79 Å². The average Bonchev–Trinajstić information content (AvgIpc) is 2.90. The van der Waals surface area contributed by atoms with Crippen LogP contribution in [0.1, 0.15) is 15.9 Å². The highest BCUT2D eigenvalue weighted by Gasteiger charge is 2.18. The van der Waals surface area contributed by atoms with Gasteiger partial charge in [-0.2, -0.15) is 0 Å². The maximum Gasteiger partial charge on any atom is 0.362 e. The Morgan fingerprint density at radius 1 is 0.743 bits per heavy atom. The maximum absolute atomic E-state index is 13.2. The number of rotatable bonds is 5. The first-order chi connectivity index (χ1) is 17.0. The highest BCUT2D eigenvalue weighted by molar-refractivity contribution is 6.25. The third-order valence-corrected chi connectivity index (χ3v) is 5.40. The lowest BCUT2D eigenvalue weighted by Crippen LogP contribution is -2.09. The maximum atomic E-state index is 13.2. The minimum atomic E-state index is -0.810. The van der Waals surface area contributed by atoms with E-state index in [-0.39, 0.29) is 33.6 Å². The Labute approximate surface area is 197 Å². The molecule has 0 aliphatic carbocycles. The van der Waals surface area contributed by atoms with Crippen molar-refractivity contribution < 1.29 is 18.7 Å². The van der Waals surface area contributed by atoms with E-state index in [1.165, 1.54) is 6.07 Å². The van der Waals surface area contributed by atoms with Gasteiger partial charge in [-0.15, -0.1) is 0 Å². The molecule has 2 aromatic heterocycles. The predicted molar refractivity (Wildman–Crippen MR) is 133 cm³/mol. The summed E-state index contributed by atoms with van der Waals surface area (Å²) in [5.41, 5.74) is -0.756. The summed E-state index contributed by atoms with van der Waals surface area (Å²) in [6.45, 7) is 0. The smallest absolute Gasteiger partial charge is 0.362 e. The Morgan fingerprint density at radius 3 is 2.09 bits per heavy atom. The molecule has 1 N–H and O–H groups in total. The highest BCUT2D eigenvalue weighted by atomic mass is 16.4. The molecule has 7 heteroatoms. The van der Waals surface area contributed by atoms with Crippen molar-refractivity contribution in [2.24, 2.45) is 4.99 Å². The van der Waals surface area contributed by atoms with Gasteiger partial charge in [-0.25, -0.2) is 14.6 Å². The molecule has 0 radical (unpaired) electrons. The molecule has 0 saturated heterocycles. The van der Waals surface area contributed by atoms with Gasteiger partial charge in [-0.05, 0) is 18.2 Å². The van der Waals surface area contributed by atoms with E-state index in [1.54, 1.807) is 84.9 Å². The van der Waals surface area contributed by atoms with Crippen molar-refractivity contribution in [1.29, 1.82) is 0 Å². The first kappa shape index (κ1) is 21.8. The lowest BCUT2D eigenvalue weighted by Gasteiger charge is -2.07.